The molecule has 0 N–H and O–H groups in total. The van der Waals surface area contributed by atoms with Crippen LogP contribution in [0, 0.1) is 5.92 Å². The molecule has 1 unspecified atom stereocenters. The second kappa shape index (κ2) is 9.38. The zero-order chi connectivity index (χ0) is 15.0. The zero-order valence-electron chi connectivity index (χ0n) is 12.1. The molecule has 0 spiro atoms. The Morgan fingerprint density at radius 2 is 2.00 bits per heavy atom. The molecule has 1 aromatic carbocycles. The topological polar surface area (TPSA) is 26.3 Å². The van der Waals surface area contributed by atoms with Gasteiger partial charge in [0, 0.05) is 12.2 Å². The van der Waals surface area contributed by atoms with E-state index >= 15 is 0 Å². The van der Waals surface area contributed by atoms with Gasteiger partial charge in [-0.1, -0.05) is 56.3 Å². The minimum Gasteiger partial charge on any atom is -0.373 e. The average molecular weight is 317 g/mol. The lowest BCUT2D eigenvalue weighted by atomic mass is 10.0. The summed E-state index contributed by atoms with van der Waals surface area (Å²) in [6, 6.07) is 4.89. The fourth-order valence-corrected chi connectivity index (χ4v) is 2.27. The van der Waals surface area contributed by atoms with Gasteiger partial charge in [-0.3, -0.25) is 4.79 Å². The minimum atomic E-state index is -0.0612. The van der Waals surface area contributed by atoms with Crippen molar-refractivity contribution in [2.24, 2.45) is 5.92 Å². The van der Waals surface area contributed by atoms with Crippen molar-refractivity contribution in [1.82, 2.24) is 0 Å². The van der Waals surface area contributed by atoms with Gasteiger partial charge in [0.2, 0.25) is 0 Å². The number of benzene rings is 1. The number of Topliss-reactive ketones (excluding diaryl/α,β-unsaturated/α-hetero) is 1. The molecular formula is C16H22Cl2O2. The predicted molar refractivity (Wildman–Crippen MR) is 84.9 cm³/mol. The van der Waals surface area contributed by atoms with Crippen molar-refractivity contribution in [3.63, 3.8) is 0 Å². The molecule has 1 rings (SSSR count). The number of carbonyl (C=O) groups excluding carboxylic acids is 1. The van der Waals surface area contributed by atoms with E-state index in [0.717, 1.165) is 12.8 Å². The molecule has 1 atom stereocenters. The van der Waals surface area contributed by atoms with Crippen LogP contribution >= 0.6 is 23.2 Å². The second-order valence-electron chi connectivity index (χ2n) is 4.98. The highest BCUT2D eigenvalue weighted by Gasteiger charge is 2.11. The van der Waals surface area contributed by atoms with Crippen LogP contribution in [0.5, 0.6) is 0 Å². The van der Waals surface area contributed by atoms with E-state index in [1.807, 2.05) is 0 Å². The highest BCUT2D eigenvalue weighted by atomic mass is 35.5. The molecule has 0 aliphatic heterocycles. The van der Waals surface area contributed by atoms with E-state index in [1.165, 1.54) is 12.8 Å². The molecule has 4 heteroatoms. The van der Waals surface area contributed by atoms with Gasteiger partial charge < -0.3 is 4.74 Å². The van der Waals surface area contributed by atoms with Gasteiger partial charge in [0.25, 0.3) is 0 Å². The van der Waals surface area contributed by atoms with Crippen LogP contribution in [0.1, 0.15) is 49.9 Å². The van der Waals surface area contributed by atoms with Gasteiger partial charge in [-0.2, -0.15) is 0 Å². The third kappa shape index (κ3) is 5.82. The van der Waals surface area contributed by atoms with Gasteiger partial charge in [0.05, 0.1) is 10.0 Å². The van der Waals surface area contributed by atoms with Crippen molar-refractivity contribution < 1.29 is 9.53 Å². The highest BCUT2D eigenvalue weighted by molar-refractivity contribution is 6.42. The molecule has 112 valence electrons. The molecule has 2 nitrogen and oxygen atoms in total. The van der Waals surface area contributed by atoms with Crippen LogP contribution in [0.15, 0.2) is 18.2 Å². The van der Waals surface area contributed by atoms with E-state index in [4.69, 9.17) is 27.9 Å². The Kier molecular flexibility index (Phi) is 8.20. The van der Waals surface area contributed by atoms with Gasteiger partial charge in [-0.25, -0.2) is 0 Å². The van der Waals surface area contributed by atoms with Crippen molar-refractivity contribution in [2.45, 2.75) is 39.5 Å². The standard InChI is InChI=1S/C16H22Cl2O2/c1-3-5-6-12(4-2)10-20-11-16(19)13-7-8-14(17)15(18)9-13/h7-9,12H,3-6,10-11H2,1-2H3. The maximum atomic E-state index is 12.0. The summed E-state index contributed by atoms with van der Waals surface area (Å²) in [6.07, 6.45) is 4.65. The Morgan fingerprint density at radius 3 is 2.60 bits per heavy atom. The molecule has 0 amide bonds. The molecule has 0 heterocycles. The lowest BCUT2D eigenvalue weighted by Crippen LogP contribution is -2.15. The number of ketones is 1. The first-order chi connectivity index (χ1) is 9.58. The summed E-state index contributed by atoms with van der Waals surface area (Å²) >= 11 is 11.7. The van der Waals surface area contributed by atoms with Crippen LogP contribution in [0.2, 0.25) is 10.0 Å². The normalized spacial score (nSPS) is 12.4. The van der Waals surface area contributed by atoms with Crippen LogP contribution < -0.4 is 0 Å². The molecule has 0 radical (unpaired) electrons. The fraction of sp³-hybridized carbons (Fsp3) is 0.562. The molecule has 0 aromatic heterocycles. The largest absolute Gasteiger partial charge is 0.373 e. The summed E-state index contributed by atoms with van der Waals surface area (Å²) in [5.74, 6) is 0.477. The van der Waals surface area contributed by atoms with Crippen molar-refractivity contribution in [1.29, 1.82) is 0 Å². The van der Waals surface area contributed by atoms with Crippen molar-refractivity contribution >= 4 is 29.0 Å². The Morgan fingerprint density at radius 1 is 1.25 bits per heavy atom. The third-order valence-corrected chi connectivity index (χ3v) is 4.11. The maximum Gasteiger partial charge on any atom is 0.188 e. The average Bonchev–Trinajstić information content (AvgIpc) is 2.45. The number of ether oxygens (including phenoxy) is 1. The van der Waals surface area contributed by atoms with E-state index in [-0.39, 0.29) is 12.4 Å². The summed E-state index contributed by atoms with van der Waals surface area (Å²) in [4.78, 5) is 12.0. The summed E-state index contributed by atoms with van der Waals surface area (Å²) in [5.41, 5.74) is 0.543. The number of hydrogen-bond acceptors (Lipinski definition) is 2. The Bertz CT molecular complexity index is 432. The first-order valence-corrected chi connectivity index (χ1v) is 7.90. The van der Waals surface area contributed by atoms with Crippen LogP contribution in [0.3, 0.4) is 0 Å². The molecule has 0 bridgehead atoms. The van der Waals surface area contributed by atoms with E-state index in [1.54, 1.807) is 18.2 Å². The fourth-order valence-electron chi connectivity index (χ4n) is 1.97. The minimum absolute atomic E-state index is 0.0612. The van der Waals surface area contributed by atoms with Gasteiger partial charge in [-0.15, -0.1) is 0 Å². The van der Waals surface area contributed by atoms with Gasteiger partial charge >= 0.3 is 0 Å². The van der Waals surface area contributed by atoms with Gasteiger partial charge in [-0.05, 0) is 30.5 Å². The Balaban J connectivity index is 2.40. The van der Waals surface area contributed by atoms with E-state index in [2.05, 4.69) is 13.8 Å². The van der Waals surface area contributed by atoms with Gasteiger partial charge in [0.1, 0.15) is 6.61 Å². The third-order valence-electron chi connectivity index (χ3n) is 3.37. The van der Waals surface area contributed by atoms with Crippen LogP contribution in [-0.2, 0) is 4.74 Å². The second-order valence-corrected chi connectivity index (χ2v) is 5.80. The lowest BCUT2D eigenvalue weighted by Gasteiger charge is -2.14. The Labute approximate surface area is 131 Å². The lowest BCUT2D eigenvalue weighted by molar-refractivity contribution is 0.0658. The van der Waals surface area contributed by atoms with Gasteiger partial charge in [0.15, 0.2) is 5.78 Å². The number of rotatable bonds is 9. The SMILES string of the molecule is CCCCC(CC)COCC(=O)c1ccc(Cl)c(Cl)c1. The van der Waals surface area contributed by atoms with Crippen LogP contribution in [0.4, 0.5) is 0 Å². The zero-order valence-corrected chi connectivity index (χ0v) is 13.6. The molecular weight excluding hydrogens is 295 g/mol. The first kappa shape index (κ1) is 17.5. The Hall–Kier alpha value is -0.570. The highest BCUT2D eigenvalue weighted by Crippen LogP contribution is 2.22. The molecule has 0 saturated carbocycles. The number of halogens is 2. The predicted octanol–water partition coefficient (Wildman–Crippen LogP) is 5.41. The van der Waals surface area contributed by atoms with E-state index < -0.39 is 0 Å². The first-order valence-electron chi connectivity index (χ1n) is 7.14. The van der Waals surface area contributed by atoms with Crippen LogP contribution in [-0.4, -0.2) is 19.0 Å². The molecule has 0 fully saturated rings. The van der Waals surface area contributed by atoms with Crippen molar-refractivity contribution in [3.05, 3.63) is 33.8 Å². The quantitative estimate of drug-likeness (QED) is 0.569. The summed E-state index contributed by atoms with van der Waals surface area (Å²) in [7, 11) is 0. The number of unbranched alkanes of at least 4 members (excludes halogenated alkanes) is 1. The molecule has 0 aliphatic carbocycles. The molecule has 0 aliphatic rings. The summed E-state index contributed by atoms with van der Waals surface area (Å²) in [6.45, 7) is 5.08. The molecule has 1 aromatic rings. The van der Waals surface area contributed by atoms with Crippen LogP contribution in [0.25, 0.3) is 0 Å². The maximum absolute atomic E-state index is 12.0. The smallest absolute Gasteiger partial charge is 0.188 e. The van der Waals surface area contributed by atoms with E-state index in [0.29, 0.717) is 28.1 Å². The van der Waals surface area contributed by atoms with Crippen molar-refractivity contribution in [3.8, 4) is 0 Å². The molecule has 20 heavy (non-hydrogen) atoms. The monoisotopic (exact) mass is 316 g/mol. The van der Waals surface area contributed by atoms with Crippen molar-refractivity contribution in [2.75, 3.05) is 13.2 Å². The molecule has 0 saturated heterocycles. The van der Waals surface area contributed by atoms with E-state index in [9.17, 15) is 4.79 Å². The summed E-state index contributed by atoms with van der Waals surface area (Å²) < 4.78 is 5.54. The number of hydrogen-bond donors (Lipinski definition) is 0. The number of carbonyl (C=O) groups is 1. The summed E-state index contributed by atoms with van der Waals surface area (Å²) in [5, 5.41) is 0.849.